The van der Waals surface area contributed by atoms with Gasteiger partial charge in [-0.2, -0.15) is 0 Å². The predicted molar refractivity (Wildman–Crippen MR) is 95.3 cm³/mol. The van der Waals surface area contributed by atoms with E-state index in [0.29, 0.717) is 12.1 Å². The molecule has 1 aromatic rings. The molecule has 1 aliphatic heterocycles. The Balaban J connectivity index is 2.08. The second kappa shape index (κ2) is 8.57. The Hall–Kier alpha value is -2.48. The van der Waals surface area contributed by atoms with E-state index in [1.165, 1.54) is 19.3 Å². The first kappa shape index (κ1) is 18.9. The SMILES string of the molecule is CCCCNC(=O)CN1C(=O)S/C(=C\c2ccc(O)c(OC)c2)C1=O. The number of nitrogens with one attached hydrogen (secondary N) is 1. The van der Waals surface area contributed by atoms with Crippen molar-refractivity contribution in [2.45, 2.75) is 19.8 Å². The molecule has 2 rings (SSSR count). The van der Waals surface area contributed by atoms with Crippen molar-refractivity contribution < 1.29 is 24.2 Å². The summed E-state index contributed by atoms with van der Waals surface area (Å²) in [7, 11) is 1.42. The van der Waals surface area contributed by atoms with Gasteiger partial charge >= 0.3 is 0 Å². The van der Waals surface area contributed by atoms with E-state index in [4.69, 9.17) is 4.74 Å². The summed E-state index contributed by atoms with van der Waals surface area (Å²) in [5, 5.41) is 11.8. The smallest absolute Gasteiger partial charge is 0.294 e. The minimum absolute atomic E-state index is 0.0171. The van der Waals surface area contributed by atoms with E-state index < -0.39 is 11.1 Å². The fourth-order valence-electron chi connectivity index (χ4n) is 2.18. The van der Waals surface area contributed by atoms with Crippen molar-refractivity contribution in [3.63, 3.8) is 0 Å². The molecule has 3 amide bonds. The molecular formula is C17H20N2O5S. The average Bonchev–Trinajstić information content (AvgIpc) is 2.84. The number of carbonyl (C=O) groups excluding carboxylic acids is 3. The number of carbonyl (C=O) groups is 3. The molecule has 1 heterocycles. The predicted octanol–water partition coefficient (Wildman–Crippen LogP) is 2.35. The number of hydrogen-bond donors (Lipinski definition) is 2. The summed E-state index contributed by atoms with van der Waals surface area (Å²) in [5.41, 5.74) is 0.604. The zero-order valence-corrected chi connectivity index (χ0v) is 14.9. The lowest BCUT2D eigenvalue weighted by atomic mass is 10.2. The molecule has 0 aliphatic carbocycles. The third-order valence-corrected chi connectivity index (χ3v) is 4.44. The summed E-state index contributed by atoms with van der Waals surface area (Å²) < 4.78 is 5.02. The maximum absolute atomic E-state index is 12.4. The van der Waals surface area contributed by atoms with E-state index >= 15 is 0 Å². The third-order valence-electron chi connectivity index (χ3n) is 3.53. The van der Waals surface area contributed by atoms with Crippen LogP contribution < -0.4 is 10.1 Å². The van der Waals surface area contributed by atoms with Crippen molar-refractivity contribution >= 4 is 34.9 Å². The number of unbranched alkanes of at least 4 members (excludes halogenated alkanes) is 1. The lowest BCUT2D eigenvalue weighted by Crippen LogP contribution is -2.39. The van der Waals surface area contributed by atoms with Crippen molar-refractivity contribution in [3.05, 3.63) is 28.7 Å². The maximum atomic E-state index is 12.4. The van der Waals surface area contributed by atoms with E-state index in [-0.39, 0.29) is 28.9 Å². The van der Waals surface area contributed by atoms with E-state index in [0.717, 1.165) is 29.5 Å². The van der Waals surface area contributed by atoms with Gasteiger partial charge in [0.1, 0.15) is 6.54 Å². The van der Waals surface area contributed by atoms with Crippen LogP contribution >= 0.6 is 11.8 Å². The number of thioether (sulfide) groups is 1. The molecule has 1 aliphatic rings. The molecule has 1 aromatic carbocycles. The zero-order valence-electron chi connectivity index (χ0n) is 14.1. The number of nitrogens with zero attached hydrogens (tertiary/aromatic N) is 1. The summed E-state index contributed by atoms with van der Waals surface area (Å²) in [5.74, 6) is -0.615. The van der Waals surface area contributed by atoms with Gasteiger partial charge in [-0.1, -0.05) is 19.4 Å². The van der Waals surface area contributed by atoms with Gasteiger partial charge in [-0.3, -0.25) is 19.3 Å². The van der Waals surface area contributed by atoms with E-state index in [1.807, 2.05) is 6.92 Å². The maximum Gasteiger partial charge on any atom is 0.294 e. The Bertz CT molecular complexity index is 717. The number of phenols is 1. The molecule has 1 fully saturated rings. The molecule has 0 saturated carbocycles. The normalized spacial score (nSPS) is 15.8. The molecule has 2 N–H and O–H groups in total. The van der Waals surface area contributed by atoms with Gasteiger partial charge < -0.3 is 15.2 Å². The Morgan fingerprint density at radius 2 is 2.16 bits per heavy atom. The molecule has 0 radical (unpaired) electrons. The fourth-order valence-corrected chi connectivity index (χ4v) is 3.01. The Labute approximate surface area is 150 Å². The number of amides is 3. The summed E-state index contributed by atoms with van der Waals surface area (Å²) in [6, 6.07) is 4.60. The van der Waals surface area contributed by atoms with Crippen molar-refractivity contribution in [1.82, 2.24) is 10.2 Å². The van der Waals surface area contributed by atoms with Crippen LogP contribution in [0.15, 0.2) is 23.1 Å². The summed E-state index contributed by atoms with van der Waals surface area (Å²) in [6.07, 6.45) is 3.32. The van der Waals surface area contributed by atoms with Gasteiger partial charge in [-0.15, -0.1) is 0 Å². The summed E-state index contributed by atoms with van der Waals surface area (Å²) in [6.45, 7) is 2.24. The zero-order chi connectivity index (χ0) is 18.4. The lowest BCUT2D eigenvalue weighted by molar-refractivity contribution is -0.129. The Morgan fingerprint density at radius 3 is 2.84 bits per heavy atom. The van der Waals surface area contributed by atoms with Gasteiger partial charge in [0.15, 0.2) is 11.5 Å². The first-order valence-electron chi connectivity index (χ1n) is 7.85. The Kier molecular flexibility index (Phi) is 6.46. The molecule has 0 atom stereocenters. The molecule has 0 aromatic heterocycles. The lowest BCUT2D eigenvalue weighted by Gasteiger charge is -2.12. The highest BCUT2D eigenvalue weighted by molar-refractivity contribution is 8.18. The topological polar surface area (TPSA) is 95.9 Å². The molecule has 25 heavy (non-hydrogen) atoms. The van der Waals surface area contributed by atoms with Crippen LogP contribution in [-0.4, -0.2) is 47.3 Å². The number of hydrogen-bond acceptors (Lipinski definition) is 6. The van der Waals surface area contributed by atoms with Gasteiger partial charge in [0.25, 0.3) is 11.1 Å². The number of aromatic hydroxyl groups is 1. The van der Waals surface area contributed by atoms with Crippen LogP contribution in [0.5, 0.6) is 11.5 Å². The molecule has 0 bridgehead atoms. The minimum atomic E-state index is -0.507. The highest BCUT2D eigenvalue weighted by Crippen LogP contribution is 2.33. The van der Waals surface area contributed by atoms with Crippen LogP contribution in [0, 0.1) is 0 Å². The number of phenolic OH excluding ortho intramolecular Hbond substituents is 1. The quantitative estimate of drug-likeness (QED) is 0.570. The summed E-state index contributed by atoms with van der Waals surface area (Å²) >= 11 is 0.780. The van der Waals surface area contributed by atoms with Gasteiger partial charge in [0.05, 0.1) is 12.0 Å². The van der Waals surface area contributed by atoms with E-state index in [9.17, 15) is 19.5 Å². The van der Waals surface area contributed by atoms with Crippen LogP contribution in [0.3, 0.4) is 0 Å². The standard InChI is InChI=1S/C17H20N2O5S/c1-3-4-7-18-15(21)10-19-16(22)14(25-17(19)23)9-11-5-6-12(20)13(8-11)24-2/h5-6,8-9,20H,3-4,7,10H2,1-2H3,(H,18,21)/b14-9-. The van der Waals surface area contributed by atoms with Gasteiger partial charge in [-0.05, 0) is 42.0 Å². The largest absolute Gasteiger partial charge is 0.504 e. The highest BCUT2D eigenvalue weighted by Gasteiger charge is 2.36. The molecule has 0 spiro atoms. The van der Waals surface area contributed by atoms with Crippen molar-refractivity contribution in [2.24, 2.45) is 0 Å². The third kappa shape index (κ3) is 4.76. The second-order valence-corrected chi connectivity index (χ2v) is 6.40. The van der Waals surface area contributed by atoms with E-state index in [1.54, 1.807) is 12.1 Å². The first-order chi connectivity index (χ1) is 12.0. The second-order valence-electron chi connectivity index (χ2n) is 5.40. The van der Waals surface area contributed by atoms with Crippen LogP contribution in [0.4, 0.5) is 4.79 Å². The van der Waals surface area contributed by atoms with Gasteiger partial charge in [-0.25, -0.2) is 0 Å². The van der Waals surface area contributed by atoms with Gasteiger partial charge in [0, 0.05) is 6.54 Å². The number of imide groups is 1. The molecule has 0 unspecified atom stereocenters. The average molecular weight is 364 g/mol. The molecule has 134 valence electrons. The number of ether oxygens (including phenoxy) is 1. The Morgan fingerprint density at radius 1 is 1.40 bits per heavy atom. The first-order valence-corrected chi connectivity index (χ1v) is 8.67. The fraction of sp³-hybridized carbons (Fsp3) is 0.353. The van der Waals surface area contributed by atoms with Crippen LogP contribution in [-0.2, 0) is 9.59 Å². The number of methoxy groups -OCH3 is 1. The van der Waals surface area contributed by atoms with Crippen molar-refractivity contribution in [3.8, 4) is 11.5 Å². The molecule has 1 saturated heterocycles. The number of rotatable bonds is 7. The minimum Gasteiger partial charge on any atom is -0.504 e. The van der Waals surface area contributed by atoms with Crippen LogP contribution in [0.2, 0.25) is 0 Å². The van der Waals surface area contributed by atoms with Crippen LogP contribution in [0.25, 0.3) is 6.08 Å². The molecule has 8 heteroatoms. The van der Waals surface area contributed by atoms with Gasteiger partial charge in [0.2, 0.25) is 5.91 Å². The van der Waals surface area contributed by atoms with E-state index in [2.05, 4.69) is 5.32 Å². The molecular weight excluding hydrogens is 344 g/mol. The molecule has 7 nitrogen and oxygen atoms in total. The summed E-state index contributed by atoms with van der Waals surface area (Å²) in [4.78, 5) is 37.3. The van der Waals surface area contributed by atoms with Crippen molar-refractivity contribution in [2.75, 3.05) is 20.2 Å². The number of benzene rings is 1. The van der Waals surface area contributed by atoms with Crippen LogP contribution in [0.1, 0.15) is 25.3 Å². The monoisotopic (exact) mass is 364 g/mol. The van der Waals surface area contributed by atoms with Crippen molar-refractivity contribution in [1.29, 1.82) is 0 Å². The highest BCUT2D eigenvalue weighted by atomic mass is 32.2.